The molecule has 5 rings (SSSR count). The van der Waals surface area contributed by atoms with E-state index < -0.39 is 0 Å². The first-order chi connectivity index (χ1) is 14.7. The van der Waals surface area contributed by atoms with E-state index in [0.717, 1.165) is 29.0 Å². The standard InChI is InChI=1S/C23H23N5O2/c1-16-6-8-17(9-7-16)14-25-23(29)27-12-10-18(15-27)28-21-19(4-2-11-24-21)26-22(28)20-5-3-13-30-20/h2-9,11,13,18H,10,12,14-15H2,1H3,(H,25,29)/t18-/m1/s1. The Bertz CT molecular complexity index is 1160. The van der Waals surface area contributed by atoms with Crippen LogP contribution >= 0.6 is 0 Å². The minimum absolute atomic E-state index is 0.0463. The van der Waals surface area contributed by atoms with Crippen LogP contribution < -0.4 is 5.32 Å². The first-order valence-electron chi connectivity index (χ1n) is 10.1. The maximum absolute atomic E-state index is 12.7. The molecule has 0 aliphatic carbocycles. The van der Waals surface area contributed by atoms with E-state index in [1.54, 1.807) is 12.5 Å². The average Bonchev–Trinajstić information content (AvgIpc) is 3.51. The fraction of sp³-hybridized carbons (Fsp3) is 0.261. The number of amides is 2. The van der Waals surface area contributed by atoms with Crippen LogP contribution in [0.4, 0.5) is 4.79 Å². The number of rotatable bonds is 4. The molecule has 1 aliphatic rings. The number of carbonyl (C=O) groups excluding carboxylic acids is 1. The molecule has 1 fully saturated rings. The van der Waals surface area contributed by atoms with Crippen molar-refractivity contribution in [2.24, 2.45) is 0 Å². The molecule has 30 heavy (non-hydrogen) atoms. The van der Waals surface area contributed by atoms with E-state index in [-0.39, 0.29) is 12.1 Å². The number of pyridine rings is 1. The summed E-state index contributed by atoms with van der Waals surface area (Å²) in [4.78, 5) is 23.9. The highest BCUT2D eigenvalue weighted by Gasteiger charge is 2.31. The molecule has 1 N–H and O–H groups in total. The van der Waals surface area contributed by atoms with Gasteiger partial charge in [0.15, 0.2) is 17.2 Å². The number of imidazole rings is 1. The van der Waals surface area contributed by atoms with E-state index in [2.05, 4.69) is 33.9 Å². The normalized spacial score (nSPS) is 16.3. The topological polar surface area (TPSA) is 76.2 Å². The van der Waals surface area contributed by atoms with Gasteiger partial charge >= 0.3 is 6.03 Å². The van der Waals surface area contributed by atoms with Crippen LogP contribution in [0.25, 0.3) is 22.7 Å². The van der Waals surface area contributed by atoms with Crippen molar-refractivity contribution in [2.75, 3.05) is 13.1 Å². The monoisotopic (exact) mass is 401 g/mol. The maximum Gasteiger partial charge on any atom is 0.317 e. The Kier molecular flexibility index (Phi) is 4.71. The predicted molar refractivity (Wildman–Crippen MR) is 114 cm³/mol. The van der Waals surface area contributed by atoms with Gasteiger partial charge in [0.2, 0.25) is 0 Å². The molecule has 4 heterocycles. The molecule has 1 saturated heterocycles. The number of hydrogen-bond acceptors (Lipinski definition) is 4. The summed E-state index contributed by atoms with van der Waals surface area (Å²) in [6.45, 7) is 3.87. The average molecular weight is 401 g/mol. The number of hydrogen-bond donors (Lipinski definition) is 1. The largest absolute Gasteiger partial charge is 0.461 e. The summed E-state index contributed by atoms with van der Waals surface area (Å²) in [5.41, 5.74) is 3.94. The number of nitrogens with zero attached hydrogens (tertiary/aromatic N) is 4. The van der Waals surface area contributed by atoms with Crippen LogP contribution in [0.1, 0.15) is 23.6 Å². The molecule has 7 heteroatoms. The van der Waals surface area contributed by atoms with Crippen LogP contribution in [-0.4, -0.2) is 38.6 Å². The first kappa shape index (κ1) is 18.4. The van der Waals surface area contributed by atoms with Crippen molar-refractivity contribution in [1.29, 1.82) is 0 Å². The minimum atomic E-state index is -0.0463. The summed E-state index contributed by atoms with van der Waals surface area (Å²) < 4.78 is 7.73. The molecule has 0 radical (unpaired) electrons. The van der Waals surface area contributed by atoms with Gasteiger partial charge in [-0.2, -0.15) is 0 Å². The van der Waals surface area contributed by atoms with Crippen molar-refractivity contribution < 1.29 is 9.21 Å². The Morgan fingerprint density at radius 1 is 1.20 bits per heavy atom. The van der Waals surface area contributed by atoms with E-state index in [4.69, 9.17) is 9.40 Å². The highest BCUT2D eigenvalue weighted by molar-refractivity contribution is 5.77. The molecule has 0 unspecified atom stereocenters. The zero-order valence-corrected chi connectivity index (χ0v) is 16.8. The number of carbonyl (C=O) groups is 1. The molecule has 0 saturated carbocycles. The fourth-order valence-corrected chi connectivity index (χ4v) is 3.99. The minimum Gasteiger partial charge on any atom is -0.461 e. The van der Waals surface area contributed by atoms with Gasteiger partial charge in [-0.05, 0) is 43.2 Å². The lowest BCUT2D eigenvalue weighted by Crippen LogP contribution is -2.38. The number of aryl methyl sites for hydroxylation is 1. The molecule has 1 atom stereocenters. The molecular formula is C23H23N5O2. The number of aromatic nitrogens is 3. The molecule has 7 nitrogen and oxygen atoms in total. The van der Waals surface area contributed by atoms with Crippen LogP contribution in [0, 0.1) is 6.92 Å². The Morgan fingerprint density at radius 3 is 2.87 bits per heavy atom. The molecule has 3 aromatic heterocycles. The number of urea groups is 1. The molecular weight excluding hydrogens is 378 g/mol. The van der Waals surface area contributed by atoms with Crippen LogP contribution in [0.2, 0.25) is 0 Å². The van der Waals surface area contributed by atoms with Gasteiger partial charge in [-0.15, -0.1) is 0 Å². The van der Waals surface area contributed by atoms with Gasteiger partial charge in [-0.25, -0.2) is 14.8 Å². The molecule has 0 bridgehead atoms. The predicted octanol–water partition coefficient (Wildman–Crippen LogP) is 4.16. The van der Waals surface area contributed by atoms with Gasteiger partial charge in [-0.3, -0.25) is 0 Å². The van der Waals surface area contributed by atoms with E-state index in [9.17, 15) is 4.79 Å². The van der Waals surface area contributed by atoms with Gasteiger partial charge in [0, 0.05) is 25.8 Å². The van der Waals surface area contributed by atoms with Gasteiger partial charge in [0.1, 0.15) is 5.52 Å². The van der Waals surface area contributed by atoms with Gasteiger partial charge in [-0.1, -0.05) is 29.8 Å². The lowest BCUT2D eigenvalue weighted by molar-refractivity contribution is 0.207. The zero-order valence-electron chi connectivity index (χ0n) is 16.8. The molecule has 152 valence electrons. The quantitative estimate of drug-likeness (QED) is 0.557. The third-order valence-corrected chi connectivity index (χ3v) is 5.57. The number of furan rings is 1. The lowest BCUT2D eigenvalue weighted by atomic mass is 10.1. The first-order valence-corrected chi connectivity index (χ1v) is 10.1. The van der Waals surface area contributed by atoms with Crippen LogP contribution in [0.5, 0.6) is 0 Å². The second-order valence-corrected chi connectivity index (χ2v) is 7.66. The van der Waals surface area contributed by atoms with E-state index in [1.807, 2.05) is 41.3 Å². The molecule has 1 aliphatic heterocycles. The molecule has 0 spiro atoms. The smallest absolute Gasteiger partial charge is 0.317 e. The van der Waals surface area contributed by atoms with Gasteiger partial charge in [0.25, 0.3) is 0 Å². The molecule has 2 amide bonds. The van der Waals surface area contributed by atoms with Crippen molar-refractivity contribution >= 4 is 17.2 Å². The Morgan fingerprint density at radius 2 is 2.07 bits per heavy atom. The van der Waals surface area contributed by atoms with Gasteiger partial charge in [0.05, 0.1) is 12.3 Å². The summed E-state index contributed by atoms with van der Waals surface area (Å²) in [6.07, 6.45) is 4.26. The SMILES string of the molecule is Cc1ccc(CNC(=O)N2CC[C@@H](n3c(-c4ccco4)nc4cccnc43)C2)cc1. The Balaban J connectivity index is 1.34. The van der Waals surface area contributed by atoms with Crippen molar-refractivity contribution in [2.45, 2.75) is 25.9 Å². The maximum atomic E-state index is 12.7. The van der Waals surface area contributed by atoms with Gasteiger partial charge < -0.3 is 19.2 Å². The summed E-state index contributed by atoms with van der Waals surface area (Å²) in [5, 5.41) is 3.03. The summed E-state index contributed by atoms with van der Waals surface area (Å²) in [6, 6.07) is 15.8. The highest BCUT2D eigenvalue weighted by Crippen LogP contribution is 2.32. The van der Waals surface area contributed by atoms with Crippen molar-refractivity contribution in [3.8, 4) is 11.6 Å². The molecule has 4 aromatic rings. The van der Waals surface area contributed by atoms with E-state index >= 15 is 0 Å². The lowest BCUT2D eigenvalue weighted by Gasteiger charge is -2.19. The van der Waals surface area contributed by atoms with Crippen molar-refractivity contribution in [3.05, 3.63) is 72.1 Å². The Labute approximate surface area is 174 Å². The van der Waals surface area contributed by atoms with E-state index in [0.29, 0.717) is 25.4 Å². The highest BCUT2D eigenvalue weighted by atomic mass is 16.3. The second-order valence-electron chi connectivity index (χ2n) is 7.66. The number of likely N-dealkylation sites (tertiary alicyclic amines) is 1. The third kappa shape index (κ3) is 3.43. The fourth-order valence-electron chi connectivity index (χ4n) is 3.99. The van der Waals surface area contributed by atoms with E-state index in [1.165, 1.54) is 5.56 Å². The van der Waals surface area contributed by atoms with Crippen LogP contribution in [-0.2, 0) is 6.54 Å². The summed E-state index contributed by atoms with van der Waals surface area (Å²) in [7, 11) is 0. The van der Waals surface area contributed by atoms with Crippen LogP contribution in [0.3, 0.4) is 0 Å². The summed E-state index contributed by atoms with van der Waals surface area (Å²) in [5.74, 6) is 1.45. The third-order valence-electron chi connectivity index (χ3n) is 5.57. The summed E-state index contributed by atoms with van der Waals surface area (Å²) >= 11 is 0. The van der Waals surface area contributed by atoms with Crippen molar-refractivity contribution in [3.63, 3.8) is 0 Å². The molecule has 1 aromatic carbocycles. The Hall–Kier alpha value is -3.61. The van der Waals surface area contributed by atoms with Crippen LogP contribution in [0.15, 0.2) is 65.4 Å². The number of fused-ring (bicyclic) bond motifs is 1. The zero-order chi connectivity index (χ0) is 20.5. The number of nitrogens with one attached hydrogen (secondary N) is 1. The number of benzene rings is 1. The van der Waals surface area contributed by atoms with Crippen molar-refractivity contribution in [1.82, 2.24) is 24.8 Å². The second kappa shape index (κ2) is 7.67.